The van der Waals surface area contributed by atoms with Crippen LogP contribution < -0.4 is 5.32 Å². The van der Waals surface area contributed by atoms with Crippen LogP contribution in [0, 0.1) is 0 Å². The number of thioether (sulfide) groups is 1. The summed E-state index contributed by atoms with van der Waals surface area (Å²) in [5, 5.41) is 2.54. The number of nitrogens with one attached hydrogen (secondary N) is 1. The average molecular weight is 323 g/mol. The number of amides is 1. The monoisotopic (exact) mass is 323 g/mol. The highest BCUT2D eigenvalue weighted by molar-refractivity contribution is 7.99. The molecule has 0 saturated heterocycles. The molecule has 1 rings (SSSR count). The standard InChI is InChI=1S/C17H25NO3S/c1-12(22-5)15(19)14(11-13-9-7-6-8-10-13)18-16(20)21-17(2,3)4/h6-10,12,14H,11H2,1-5H3,(H,18,20)/t12?,14-/m0/s1. The van der Waals surface area contributed by atoms with Crippen LogP contribution in [0.25, 0.3) is 0 Å². The third-order valence-corrected chi connectivity index (χ3v) is 4.01. The molecule has 0 saturated carbocycles. The molecule has 0 heterocycles. The number of ether oxygens (including phenoxy) is 1. The first-order chi connectivity index (χ1) is 10.2. The van der Waals surface area contributed by atoms with Gasteiger partial charge in [0.15, 0.2) is 5.78 Å². The predicted octanol–water partition coefficient (Wildman–Crippen LogP) is 3.44. The van der Waals surface area contributed by atoms with Gasteiger partial charge in [-0.1, -0.05) is 30.3 Å². The zero-order valence-electron chi connectivity index (χ0n) is 13.9. The van der Waals surface area contributed by atoms with Crippen LogP contribution in [0.15, 0.2) is 30.3 Å². The summed E-state index contributed by atoms with van der Waals surface area (Å²) in [7, 11) is 0. The van der Waals surface area contributed by atoms with Crippen LogP contribution in [0.5, 0.6) is 0 Å². The quantitative estimate of drug-likeness (QED) is 0.871. The van der Waals surface area contributed by atoms with E-state index in [1.165, 1.54) is 11.8 Å². The molecule has 0 radical (unpaired) electrons. The van der Waals surface area contributed by atoms with E-state index in [4.69, 9.17) is 4.74 Å². The molecular formula is C17H25NO3S. The molecule has 5 heteroatoms. The molecule has 2 atom stereocenters. The molecule has 0 aliphatic rings. The summed E-state index contributed by atoms with van der Waals surface area (Å²) in [4.78, 5) is 24.5. The van der Waals surface area contributed by atoms with Gasteiger partial charge in [0, 0.05) is 0 Å². The molecule has 1 N–H and O–H groups in total. The minimum Gasteiger partial charge on any atom is -0.444 e. The van der Waals surface area contributed by atoms with Crippen molar-refractivity contribution in [3.8, 4) is 0 Å². The van der Waals surface area contributed by atoms with Crippen molar-refractivity contribution in [2.75, 3.05) is 6.26 Å². The number of benzene rings is 1. The average Bonchev–Trinajstić information content (AvgIpc) is 2.44. The Balaban J connectivity index is 2.82. The van der Waals surface area contributed by atoms with Gasteiger partial charge in [0.1, 0.15) is 5.60 Å². The van der Waals surface area contributed by atoms with Crippen LogP contribution >= 0.6 is 11.8 Å². The normalized spacial score (nSPS) is 14.0. The Kier molecular flexibility index (Phi) is 6.94. The number of carbonyl (C=O) groups is 2. The molecule has 0 fully saturated rings. The smallest absolute Gasteiger partial charge is 0.408 e. The summed E-state index contributed by atoms with van der Waals surface area (Å²) >= 11 is 1.47. The van der Waals surface area contributed by atoms with Gasteiger partial charge in [-0.3, -0.25) is 4.79 Å². The molecule has 0 aliphatic carbocycles. The number of carbonyl (C=O) groups excluding carboxylic acids is 2. The van der Waals surface area contributed by atoms with E-state index in [0.717, 1.165) is 5.56 Å². The van der Waals surface area contributed by atoms with Crippen LogP contribution in [0.3, 0.4) is 0 Å². The molecule has 1 aromatic carbocycles. The minimum absolute atomic E-state index is 0.00205. The fourth-order valence-corrected chi connectivity index (χ4v) is 2.32. The fourth-order valence-electron chi connectivity index (χ4n) is 1.92. The maximum Gasteiger partial charge on any atom is 0.408 e. The zero-order chi connectivity index (χ0) is 16.8. The van der Waals surface area contributed by atoms with E-state index in [-0.39, 0.29) is 11.0 Å². The highest BCUT2D eigenvalue weighted by atomic mass is 32.2. The van der Waals surface area contributed by atoms with Gasteiger partial charge in [-0.2, -0.15) is 11.8 Å². The van der Waals surface area contributed by atoms with Gasteiger partial charge in [0.2, 0.25) is 0 Å². The van der Waals surface area contributed by atoms with Crippen molar-refractivity contribution >= 4 is 23.6 Å². The van der Waals surface area contributed by atoms with E-state index >= 15 is 0 Å². The number of rotatable bonds is 6. The molecule has 0 aliphatic heterocycles. The van der Waals surface area contributed by atoms with E-state index in [1.54, 1.807) is 20.8 Å². The van der Waals surface area contributed by atoms with Crippen LogP contribution in [0.2, 0.25) is 0 Å². The zero-order valence-corrected chi connectivity index (χ0v) is 14.7. The van der Waals surface area contributed by atoms with Gasteiger partial charge >= 0.3 is 6.09 Å². The summed E-state index contributed by atoms with van der Waals surface area (Å²) in [6, 6.07) is 9.07. The van der Waals surface area contributed by atoms with Gasteiger partial charge in [-0.05, 0) is 45.9 Å². The summed E-state index contributed by atoms with van der Waals surface area (Å²) in [6.07, 6.45) is 1.79. The lowest BCUT2D eigenvalue weighted by Crippen LogP contribution is -2.47. The second-order valence-electron chi connectivity index (χ2n) is 6.17. The van der Waals surface area contributed by atoms with Crippen molar-refractivity contribution in [2.24, 2.45) is 0 Å². The largest absolute Gasteiger partial charge is 0.444 e. The van der Waals surface area contributed by atoms with Crippen LogP contribution in [0.1, 0.15) is 33.3 Å². The Labute approximate surface area is 137 Å². The Hall–Kier alpha value is -1.49. The third kappa shape index (κ3) is 6.52. The lowest BCUT2D eigenvalue weighted by Gasteiger charge is -2.24. The first kappa shape index (κ1) is 18.6. The van der Waals surface area contributed by atoms with E-state index in [0.29, 0.717) is 6.42 Å². The number of hydrogen-bond donors (Lipinski definition) is 1. The second kappa shape index (κ2) is 8.22. The van der Waals surface area contributed by atoms with Gasteiger partial charge < -0.3 is 10.1 Å². The topological polar surface area (TPSA) is 55.4 Å². The maximum absolute atomic E-state index is 12.5. The first-order valence-corrected chi connectivity index (χ1v) is 8.61. The molecule has 22 heavy (non-hydrogen) atoms. The molecule has 1 unspecified atom stereocenters. The van der Waals surface area contributed by atoms with Crippen molar-refractivity contribution in [1.29, 1.82) is 0 Å². The molecule has 0 spiro atoms. The molecule has 1 aromatic rings. The second-order valence-corrected chi connectivity index (χ2v) is 7.35. The maximum atomic E-state index is 12.5. The molecule has 122 valence electrons. The lowest BCUT2D eigenvalue weighted by molar-refractivity contribution is -0.120. The van der Waals surface area contributed by atoms with E-state index in [9.17, 15) is 9.59 Å². The fraction of sp³-hybridized carbons (Fsp3) is 0.529. The molecule has 0 aromatic heterocycles. The Morgan fingerprint density at radius 3 is 2.32 bits per heavy atom. The predicted molar refractivity (Wildman–Crippen MR) is 91.3 cm³/mol. The first-order valence-electron chi connectivity index (χ1n) is 7.33. The van der Waals surface area contributed by atoms with Gasteiger partial charge in [0.25, 0.3) is 0 Å². The van der Waals surface area contributed by atoms with Crippen molar-refractivity contribution in [3.05, 3.63) is 35.9 Å². The van der Waals surface area contributed by atoms with E-state index < -0.39 is 17.7 Å². The van der Waals surface area contributed by atoms with Crippen LogP contribution in [0.4, 0.5) is 4.79 Å². The molecule has 1 amide bonds. The summed E-state index contributed by atoms with van der Waals surface area (Å²) in [5.74, 6) is 0.00205. The minimum atomic E-state index is -0.588. The lowest BCUT2D eigenvalue weighted by atomic mass is 10.0. The summed E-state index contributed by atoms with van der Waals surface area (Å²) in [6.45, 7) is 7.24. The van der Waals surface area contributed by atoms with Crippen molar-refractivity contribution < 1.29 is 14.3 Å². The van der Waals surface area contributed by atoms with E-state index in [2.05, 4.69) is 5.32 Å². The van der Waals surface area contributed by atoms with Crippen molar-refractivity contribution in [1.82, 2.24) is 5.32 Å². The van der Waals surface area contributed by atoms with Gasteiger partial charge in [0.05, 0.1) is 11.3 Å². The number of Topliss-reactive ketones (excluding diaryl/α,β-unsaturated/α-hetero) is 1. The molecular weight excluding hydrogens is 298 g/mol. The Bertz CT molecular complexity index is 496. The van der Waals surface area contributed by atoms with Crippen molar-refractivity contribution in [2.45, 2.75) is 51.0 Å². The van der Waals surface area contributed by atoms with Gasteiger partial charge in [-0.15, -0.1) is 0 Å². The third-order valence-electron chi connectivity index (χ3n) is 3.07. The number of alkyl carbamates (subject to hydrolysis) is 1. The Morgan fingerprint density at radius 1 is 1.23 bits per heavy atom. The Morgan fingerprint density at radius 2 is 1.82 bits per heavy atom. The molecule has 0 bridgehead atoms. The van der Waals surface area contributed by atoms with Crippen LogP contribution in [-0.2, 0) is 16.0 Å². The summed E-state index contributed by atoms with van der Waals surface area (Å²) in [5.41, 5.74) is 0.417. The van der Waals surface area contributed by atoms with Crippen molar-refractivity contribution in [3.63, 3.8) is 0 Å². The SMILES string of the molecule is CSC(C)C(=O)[C@H](Cc1ccccc1)NC(=O)OC(C)(C)C. The highest BCUT2D eigenvalue weighted by Crippen LogP contribution is 2.14. The number of hydrogen-bond acceptors (Lipinski definition) is 4. The summed E-state index contributed by atoms with van der Waals surface area (Å²) < 4.78 is 5.26. The van der Waals surface area contributed by atoms with Gasteiger partial charge in [-0.25, -0.2) is 4.79 Å². The van der Waals surface area contributed by atoms with E-state index in [1.807, 2.05) is 43.5 Å². The molecule has 4 nitrogen and oxygen atoms in total. The highest BCUT2D eigenvalue weighted by Gasteiger charge is 2.27. The van der Waals surface area contributed by atoms with Crippen LogP contribution in [-0.4, -0.2) is 35.0 Å². The number of ketones is 1.